The van der Waals surface area contributed by atoms with Crippen molar-refractivity contribution in [3.8, 4) is 17.2 Å². The minimum Gasteiger partial charge on any atom is -0.507 e. The van der Waals surface area contributed by atoms with Crippen molar-refractivity contribution in [3.63, 3.8) is 0 Å². The van der Waals surface area contributed by atoms with Gasteiger partial charge >= 0.3 is 12.6 Å². The molecule has 2 amide bonds. The van der Waals surface area contributed by atoms with Crippen molar-refractivity contribution in [3.05, 3.63) is 53.6 Å². The van der Waals surface area contributed by atoms with Gasteiger partial charge in [-0.25, -0.2) is 4.79 Å². The summed E-state index contributed by atoms with van der Waals surface area (Å²) in [7, 11) is 1.38. The van der Waals surface area contributed by atoms with Crippen LogP contribution in [0.1, 0.15) is 20.7 Å². The highest BCUT2D eigenvalue weighted by Gasteiger charge is 2.17. The van der Waals surface area contributed by atoms with Crippen LogP contribution in [0.2, 0.25) is 0 Å². The van der Waals surface area contributed by atoms with E-state index < -0.39 is 36.8 Å². The van der Waals surface area contributed by atoms with Crippen LogP contribution in [0.4, 0.5) is 8.78 Å². The summed E-state index contributed by atoms with van der Waals surface area (Å²) in [6.45, 7) is -3.77. The van der Waals surface area contributed by atoms with Crippen molar-refractivity contribution in [2.75, 3.05) is 13.7 Å². The first kappa shape index (κ1) is 20.6. The summed E-state index contributed by atoms with van der Waals surface area (Å²) < 4.78 is 37.9. The number of phenolic OH excluding ortho intramolecular Hbond substituents is 1. The number of aromatic hydroxyl groups is 1. The summed E-state index contributed by atoms with van der Waals surface area (Å²) in [6, 6.07) is 8.50. The molecule has 2 N–H and O–H groups in total. The van der Waals surface area contributed by atoms with Gasteiger partial charge in [0.25, 0.3) is 11.8 Å². The van der Waals surface area contributed by atoms with Crippen molar-refractivity contribution >= 4 is 17.8 Å². The number of imide groups is 1. The molecule has 0 bridgehead atoms. The Morgan fingerprint density at radius 2 is 1.71 bits per heavy atom. The Morgan fingerprint density at radius 1 is 1.07 bits per heavy atom. The molecule has 0 atom stereocenters. The number of rotatable bonds is 7. The molecule has 0 aromatic heterocycles. The predicted octanol–water partition coefficient (Wildman–Crippen LogP) is 2.12. The lowest BCUT2D eigenvalue weighted by Gasteiger charge is -2.08. The van der Waals surface area contributed by atoms with Gasteiger partial charge in [-0.2, -0.15) is 8.78 Å². The molecule has 0 aliphatic heterocycles. The van der Waals surface area contributed by atoms with Crippen LogP contribution in [0.15, 0.2) is 42.5 Å². The molecule has 0 saturated carbocycles. The van der Waals surface area contributed by atoms with Gasteiger partial charge in [0.15, 0.2) is 6.61 Å². The van der Waals surface area contributed by atoms with Crippen LogP contribution in [0.5, 0.6) is 17.2 Å². The lowest BCUT2D eigenvalue weighted by Crippen LogP contribution is -2.34. The van der Waals surface area contributed by atoms with Gasteiger partial charge in [0.2, 0.25) is 0 Å². The molecule has 0 radical (unpaired) electrons. The van der Waals surface area contributed by atoms with E-state index in [0.29, 0.717) is 5.75 Å². The Balaban J connectivity index is 1.88. The molecular weight excluding hydrogens is 380 g/mol. The molecule has 0 fully saturated rings. The maximum Gasteiger partial charge on any atom is 0.387 e. The molecule has 2 aromatic rings. The zero-order valence-electron chi connectivity index (χ0n) is 14.5. The molecule has 8 nitrogen and oxygen atoms in total. The molecule has 2 rings (SSSR count). The summed E-state index contributed by atoms with van der Waals surface area (Å²) in [5.41, 5.74) is -0.177. The fraction of sp³-hybridized carbons (Fsp3) is 0.167. The van der Waals surface area contributed by atoms with Crippen LogP contribution in [-0.4, -0.2) is 43.2 Å². The fourth-order valence-electron chi connectivity index (χ4n) is 2.04. The SMILES string of the molecule is COc1ccc(C(=O)OCC(=O)NC(=O)c2ccc(OC(F)F)cc2)c(O)c1. The molecule has 0 aliphatic rings. The number of hydrogen-bond acceptors (Lipinski definition) is 7. The number of halogens is 2. The Morgan fingerprint density at radius 3 is 2.29 bits per heavy atom. The number of methoxy groups -OCH3 is 1. The minimum atomic E-state index is -3.00. The molecule has 0 heterocycles. The van der Waals surface area contributed by atoms with Crippen molar-refractivity contribution in [2.45, 2.75) is 6.61 Å². The minimum absolute atomic E-state index is 0.00842. The number of carbonyl (C=O) groups is 3. The van der Waals surface area contributed by atoms with Gasteiger partial charge in [0.05, 0.1) is 7.11 Å². The summed E-state index contributed by atoms with van der Waals surface area (Å²) in [5, 5.41) is 11.7. The van der Waals surface area contributed by atoms with Crippen LogP contribution >= 0.6 is 0 Å². The number of phenols is 1. The Kier molecular flexibility index (Phi) is 6.85. The van der Waals surface area contributed by atoms with E-state index in [1.807, 2.05) is 5.32 Å². The van der Waals surface area contributed by atoms with Gasteiger partial charge in [-0.3, -0.25) is 14.9 Å². The standard InChI is InChI=1S/C18H15F2NO7/c1-26-12-6-7-13(14(22)8-12)17(25)27-9-15(23)21-16(24)10-2-4-11(5-3-10)28-18(19)20/h2-8,18,22H,9H2,1H3,(H,21,23,24). The third-order valence-corrected chi connectivity index (χ3v) is 3.35. The second-order valence-electron chi connectivity index (χ2n) is 5.24. The quantitative estimate of drug-likeness (QED) is 0.691. The highest BCUT2D eigenvalue weighted by molar-refractivity contribution is 6.05. The van der Waals surface area contributed by atoms with Crippen LogP contribution in [0, 0.1) is 0 Å². The van der Waals surface area contributed by atoms with Gasteiger partial charge in [-0.15, -0.1) is 0 Å². The van der Waals surface area contributed by atoms with Crippen molar-refractivity contribution < 1.29 is 42.5 Å². The zero-order valence-corrected chi connectivity index (χ0v) is 14.5. The topological polar surface area (TPSA) is 111 Å². The summed E-state index contributed by atoms with van der Waals surface area (Å²) in [5.74, 6) is -2.94. The number of carbonyl (C=O) groups excluding carboxylic acids is 3. The van der Waals surface area contributed by atoms with E-state index in [4.69, 9.17) is 9.47 Å². The van der Waals surface area contributed by atoms with Crippen LogP contribution in [-0.2, 0) is 9.53 Å². The second kappa shape index (κ2) is 9.31. The Labute approximate surface area is 157 Å². The molecule has 0 spiro atoms. The summed E-state index contributed by atoms with van der Waals surface area (Å²) >= 11 is 0. The van der Waals surface area contributed by atoms with Gasteiger partial charge in [0, 0.05) is 11.6 Å². The first-order chi connectivity index (χ1) is 13.3. The maximum absolute atomic E-state index is 12.1. The Bertz CT molecular complexity index is 869. The van der Waals surface area contributed by atoms with E-state index in [0.717, 1.165) is 12.1 Å². The third-order valence-electron chi connectivity index (χ3n) is 3.35. The average Bonchev–Trinajstić information content (AvgIpc) is 2.66. The Hall–Kier alpha value is -3.69. The molecule has 0 saturated heterocycles. The molecule has 2 aromatic carbocycles. The summed E-state index contributed by atoms with van der Waals surface area (Å²) in [4.78, 5) is 35.5. The average molecular weight is 395 g/mol. The van der Waals surface area contributed by atoms with Crippen LogP contribution in [0.3, 0.4) is 0 Å². The lowest BCUT2D eigenvalue weighted by atomic mass is 10.2. The van der Waals surface area contributed by atoms with E-state index in [2.05, 4.69) is 4.74 Å². The van der Waals surface area contributed by atoms with Crippen LogP contribution in [0.25, 0.3) is 0 Å². The highest BCUT2D eigenvalue weighted by Crippen LogP contribution is 2.23. The van der Waals surface area contributed by atoms with Crippen molar-refractivity contribution in [2.24, 2.45) is 0 Å². The number of alkyl halides is 2. The molecule has 148 valence electrons. The molecule has 28 heavy (non-hydrogen) atoms. The predicted molar refractivity (Wildman–Crippen MR) is 90.5 cm³/mol. The highest BCUT2D eigenvalue weighted by atomic mass is 19.3. The number of ether oxygens (including phenoxy) is 3. The normalized spacial score (nSPS) is 10.3. The van der Waals surface area contributed by atoms with Crippen molar-refractivity contribution in [1.82, 2.24) is 5.32 Å². The van der Waals surface area contributed by atoms with E-state index in [1.54, 1.807) is 0 Å². The maximum atomic E-state index is 12.1. The van der Waals surface area contributed by atoms with Gasteiger partial charge in [-0.1, -0.05) is 0 Å². The summed E-state index contributed by atoms with van der Waals surface area (Å²) in [6.07, 6.45) is 0. The van der Waals surface area contributed by atoms with E-state index in [1.165, 1.54) is 37.4 Å². The number of esters is 1. The molecule has 0 unspecified atom stereocenters. The molecule has 0 aliphatic carbocycles. The van der Waals surface area contributed by atoms with Gasteiger partial charge in [0.1, 0.15) is 22.8 Å². The fourth-order valence-corrected chi connectivity index (χ4v) is 2.04. The third kappa shape index (κ3) is 5.66. The molecular formula is C18H15F2NO7. The number of benzene rings is 2. The van der Waals surface area contributed by atoms with Gasteiger partial charge < -0.3 is 19.3 Å². The zero-order chi connectivity index (χ0) is 20.7. The van der Waals surface area contributed by atoms with Crippen molar-refractivity contribution in [1.29, 1.82) is 0 Å². The second-order valence-corrected chi connectivity index (χ2v) is 5.24. The van der Waals surface area contributed by atoms with Gasteiger partial charge in [-0.05, 0) is 36.4 Å². The monoisotopic (exact) mass is 395 g/mol. The molecule has 10 heteroatoms. The number of hydrogen-bond donors (Lipinski definition) is 2. The van der Waals surface area contributed by atoms with E-state index >= 15 is 0 Å². The lowest BCUT2D eigenvalue weighted by molar-refractivity contribution is -0.123. The van der Waals surface area contributed by atoms with E-state index in [-0.39, 0.29) is 16.9 Å². The smallest absolute Gasteiger partial charge is 0.387 e. The van der Waals surface area contributed by atoms with Crippen LogP contribution < -0.4 is 14.8 Å². The first-order valence-electron chi connectivity index (χ1n) is 7.73. The largest absolute Gasteiger partial charge is 0.507 e. The number of nitrogens with one attached hydrogen (secondary N) is 1. The number of amides is 2. The van der Waals surface area contributed by atoms with E-state index in [9.17, 15) is 28.3 Å². The first-order valence-corrected chi connectivity index (χ1v) is 7.73.